The molecular formula is C19H18F5NO3. The lowest BCUT2D eigenvalue weighted by atomic mass is 10.1. The first kappa shape index (κ1) is 21.5. The van der Waals surface area contributed by atoms with E-state index in [-0.39, 0.29) is 30.4 Å². The molecule has 0 saturated carbocycles. The summed E-state index contributed by atoms with van der Waals surface area (Å²) >= 11 is 0. The van der Waals surface area contributed by atoms with E-state index in [0.29, 0.717) is 12.0 Å². The molecule has 0 aliphatic rings. The Hall–Kier alpha value is -2.84. The highest BCUT2D eigenvalue weighted by Gasteiger charge is 2.29. The standard InChI is InChI=1S/C19H18F5NO3/c1-27-16-10-13(4-7-15(16)28-18(20)21)8-9-25-17(26)11-12-2-5-14(6-3-12)19(22,23)24/h2-7,10,18H,8-9,11H2,1H3,(H,25,26). The van der Waals surface area contributed by atoms with E-state index in [4.69, 9.17) is 4.74 Å². The van der Waals surface area contributed by atoms with Crippen molar-refractivity contribution < 1.29 is 36.2 Å². The number of carbonyl (C=O) groups is 1. The van der Waals surface area contributed by atoms with E-state index in [9.17, 15) is 26.7 Å². The number of methoxy groups -OCH3 is 1. The SMILES string of the molecule is COc1cc(CCNC(=O)Cc2ccc(C(F)(F)F)cc2)ccc1OC(F)F. The Kier molecular flexibility index (Phi) is 7.19. The third-order valence-corrected chi connectivity index (χ3v) is 3.83. The molecule has 2 aromatic rings. The Morgan fingerprint density at radius 1 is 1.04 bits per heavy atom. The fraction of sp³-hybridized carbons (Fsp3) is 0.316. The lowest BCUT2D eigenvalue weighted by Crippen LogP contribution is -2.27. The smallest absolute Gasteiger partial charge is 0.416 e. The van der Waals surface area contributed by atoms with Gasteiger partial charge in [0.2, 0.25) is 5.91 Å². The first-order valence-corrected chi connectivity index (χ1v) is 8.23. The van der Waals surface area contributed by atoms with Crippen molar-refractivity contribution in [2.45, 2.75) is 25.6 Å². The minimum atomic E-state index is -4.42. The van der Waals surface area contributed by atoms with Gasteiger partial charge in [-0.15, -0.1) is 0 Å². The average molecular weight is 403 g/mol. The summed E-state index contributed by atoms with van der Waals surface area (Å²) in [7, 11) is 1.32. The Labute approximate surface area is 158 Å². The molecule has 0 saturated heterocycles. The molecule has 2 rings (SSSR count). The Bertz CT molecular complexity index is 791. The Morgan fingerprint density at radius 3 is 2.25 bits per heavy atom. The van der Waals surface area contributed by atoms with Crippen LogP contribution < -0.4 is 14.8 Å². The van der Waals surface area contributed by atoms with Crippen LogP contribution >= 0.6 is 0 Å². The van der Waals surface area contributed by atoms with Gasteiger partial charge in [-0.3, -0.25) is 4.79 Å². The van der Waals surface area contributed by atoms with E-state index in [1.807, 2.05) is 0 Å². The summed E-state index contributed by atoms with van der Waals surface area (Å²) in [5.41, 5.74) is 0.416. The minimum Gasteiger partial charge on any atom is -0.493 e. The van der Waals surface area contributed by atoms with Crippen LogP contribution in [0.3, 0.4) is 0 Å². The van der Waals surface area contributed by atoms with Crippen LogP contribution in [0.25, 0.3) is 0 Å². The number of alkyl halides is 5. The molecule has 4 nitrogen and oxygen atoms in total. The molecule has 0 atom stereocenters. The Morgan fingerprint density at radius 2 is 1.68 bits per heavy atom. The van der Waals surface area contributed by atoms with Gasteiger partial charge in [-0.25, -0.2) is 0 Å². The van der Waals surface area contributed by atoms with Crippen molar-refractivity contribution in [1.82, 2.24) is 5.32 Å². The van der Waals surface area contributed by atoms with Gasteiger partial charge >= 0.3 is 12.8 Å². The van der Waals surface area contributed by atoms with Crippen LogP contribution in [0.5, 0.6) is 11.5 Å². The highest BCUT2D eigenvalue weighted by molar-refractivity contribution is 5.78. The number of amides is 1. The monoisotopic (exact) mass is 403 g/mol. The molecule has 1 N–H and O–H groups in total. The molecule has 28 heavy (non-hydrogen) atoms. The number of hydrogen-bond donors (Lipinski definition) is 1. The number of ether oxygens (including phenoxy) is 2. The molecule has 9 heteroatoms. The quantitative estimate of drug-likeness (QED) is 0.672. The first-order valence-electron chi connectivity index (χ1n) is 8.23. The summed E-state index contributed by atoms with van der Waals surface area (Å²) in [5.74, 6) is -0.286. The molecule has 0 aliphatic heterocycles. The van der Waals surface area contributed by atoms with Crippen LogP contribution in [-0.2, 0) is 23.8 Å². The van der Waals surface area contributed by atoms with Gasteiger partial charge in [0, 0.05) is 6.54 Å². The highest BCUT2D eigenvalue weighted by atomic mass is 19.4. The molecule has 152 valence electrons. The van der Waals surface area contributed by atoms with Crippen LogP contribution in [0.15, 0.2) is 42.5 Å². The third-order valence-electron chi connectivity index (χ3n) is 3.83. The van der Waals surface area contributed by atoms with Gasteiger partial charge in [0.15, 0.2) is 11.5 Å². The van der Waals surface area contributed by atoms with Crippen molar-refractivity contribution in [1.29, 1.82) is 0 Å². The predicted octanol–water partition coefficient (Wildman–Crippen LogP) is 4.22. The molecule has 0 unspecified atom stereocenters. The maximum atomic E-state index is 12.5. The van der Waals surface area contributed by atoms with Gasteiger partial charge in [-0.2, -0.15) is 22.0 Å². The molecule has 0 spiro atoms. The Balaban J connectivity index is 1.85. The zero-order valence-corrected chi connectivity index (χ0v) is 14.9. The zero-order valence-electron chi connectivity index (χ0n) is 14.9. The average Bonchev–Trinajstić information content (AvgIpc) is 2.62. The van der Waals surface area contributed by atoms with Gasteiger partial charge < -0.3 is 14.8 Å². The van der Waals surface area contributed by atoms with E-state index in [1.165, 1.54) is 31.4 Å². The van der Waals surface area contributed by atoms with Crippen LogP contribution in [0, 0.1) is 0 Å². The van der Waals surface area contributed by atoms with E-state index < -0.39 is 18.4 Å². The van der Waals surface area contributed by atoms with E-state index in [1.54, 1.807) is 6.07 Å². The van der Waals surface area contributed by atoms with Gasteiger partial charge in [0.25, 0.3) is 0 Å². The molecule has 0 aliphatic carbocycles. The second-order valence-electron chi connectivity index (χ2n) is 5.84. The zero-order chi connectivity index (χ0) is 20.7. The number of hydrogen-bond acceptors (Lipinski definition) is 3. The van der Waals surface area contributed by atoms with Crippen LogP contribution in [-0.4, -0.2) is 26.2 Å². The van der Waals surface area contributed by atoms with Crippen molar-refractivity contribution in [2.75, 3.05) is 13.7 Å². The van der Waals surface area contributed by atoms with Crippen molar-refractivity contribution >= 4 is 5.91 Å². The van der Waals surface area contributed by atoms with Crippen LogP contribution in [0.2, 0.25) is 0 Å². The molecule has 0 fully saturated rings. The van der Waals surface area contributed by atoms with Gasteiger partial charge in [-0.05, 0) is 41.8 Å². The first-order chi connectivity index (χ1) is 13.2. The highest BCUT2D eigenvalue weighted by Crippen LogP contribution is 2.30. The maximum absolute atomic E-state index is 12.5. The number of rotatable bonds is 8. The summed E-state index contributed by atoms with van der Waals surface area (Å²) in [4.78, 5) is 11.9. The van der Waals surface area contributed by atoms with Crippen molar-refractivity contribution in [3.05, 3.63) is 59.2 Å². The summed E-state index contributed by atoms with van der Waals surface area (Å²) in [6, 6.07) is 8.83. The van der Waals surface area contributed by atoms with Gasteiger partial charge in [0.1, 0.15) is 0 Å². The summed E-state index contributed by atoms with van der Waals surface area (Å²) in [6.45, 7) is -2.71. The predicted molar refractivity (Wildman–Crippen MR) is 91.5 cm³/mol. The molecule has 0 radical (unpaired) electrons. The summed E-state index contributed by atoms with van der Waals surface area (Å²) in [5, 5.41) is 2.66. The molecule has 0 aromatic heterocycles. The number of benzene rings is 2. The topological polar surface area (TPSA) is 47.6 Å². The maximum Gasteiger partial charge on any atom is 0.416 e. The molecule has 1 amide bonds. The van der Waals surface area contributed by atoms with Crippen LogP contribution in [0.1, 0.15) is 16.7 Å². The van der Waals surface area contributed by atoms with E-state index in [0.717, 1.165) is 17.7 Å². The third kappa shape index (κ3) is 6.40. The van der Waals surface area contributed by atoms with Crippen molar-refractivity contribution in [3.63, 3.8) is 0 Å². The van der Waals surface area contributed by atoms with Crippen molar-refractivity contribution in [2.24, 2.45) is 0 Å². The second kappa shape index (κ2) is 9.38. The molecular weight excluding hydrogens is 385 g/mol. The summed E-state index contributed by atoms with van der Waals surface area (Å²) < 4.78 is 71.5. The lowest BCUT2D eigenvalue weighted by molar-refractivity contribution is -0.137. The molecule has 0 bridgehead atoms. The number of nitrogens with one attached hydrogen (secondary N) is 1. The fourth-order valence-electron chi connectivity index (χ4n) is 2.47. The normalized spacial score (nSPS) is 11.4. The second-order valence-corrected chi connectivity index (χ2v) is 5.84. The van der Waals surface area contributed by atoms with E-state index >= 15 is 0 Å². The van der Waals surface area contributed by atoms with Gasteiger partial charge in [-0.1, -0.05) is 18.2 Å². The van der Waals surface area contributed by atoms with Crippen molar-refractivity contribution in [3.8, 4) is 11.5 Å². The molecule has 2 aromatic carbocycles. The number of halogens is 5. The summed E-state index contributed by atoms with van der Waals surface area (Å²) in [6.07, 6.45) is -4.07. The largest absolute Gasteiger partial charge is 0.493 e. The van der Waals surface area contributed by atoms with Crippen LogP contribution in [0.4, 0.5) is 22.0 Å². The number of carbonyl (C=O) groups excluding carboxylic acids is 1. The lowest BCUT2D eigenvalue weighted by Gasteiger charge is -2.12. The van der Waals surface area contributed by atoms with E-state index in [2.05, 4.69) is 10.1 Å². The van der Waals surface area contributed by atoms with Gasteiger partial charge in [0.05, 0.1) is 19.1 Å². The molecule has 0 heterocycles. The minimum absolute atomic E-state index is 0.0530. The fourth-order valence-corrected chi connectivity index (χ4v) is 2.47.